The van der Waals surface area contributed by atoms with Crippen LogP contribution in [0.15, 0.2) is 18.2 Å². The summed E-state index contributed by atoms with van der Waals surface area (Å²) in [5.41, 5.74) is -3.07. The Kier molecular flexibility index (Phi) is 9.56. The highest BCUT2D eigenvalue weighted by molar-refractivity contribution is 5.92. The molecule has 1 saturated heterocycles. The fraction of sp³-hybridized carbons (Fsp3) is 0.694. The Morgan fingerprint density at radius 1 is 1.00 bits per heavy atom. The first-order chi connectivity index (χ1) is 23.4. The van der Waals surface area contributed by atoms with Crippen LogP contribution in [0.3, 0.4) is 0 Å². The van der Waals surface area contributed by atoms with Gasteiger partial charge in [-0.15, -0.1) is 0 Å². The van der Waals surface area contributed by atoms with Gasteiger partial charge in [0.2, 0.25) is 11.8 Å². The molecule has 9 nitrogen and oxygen atoms in total. The Bertz CT molecular complexity index is 1640. The number of hydrogen-bond donors (Lipinski definition) is 1. The summed E-state index contributed by atoms with van der Waals surface area (Å²) in [6, 6.07) is 0.392. The standard InChI is InChI=1S/C36H45F5N4O5/c1-6-21-27-17-45(28(21)18(2)46)32(47)30(34(3,4)5)44-33(48)50-26-15-19-10-12-22(19)23(26)9-7-8-14-35(37,38)29-31(49-27)43-25-16-20(36(39,40)41)11-13-24(25)42-29/h11,13,16,19,21-23,26-28,30H,6-10,12,14-15,17H2,1-5H3,(H,44,48)/t19?,21-,22?,23-,26-,27+,28-,30-/m1/s1. The third-order valence-corrected chi connectivity index (χ3v) is 11.3. The molecule has 6 rings (SSSR count). The van der Waals surface area contributed by atoms with Crippen LogP contribution in [0, 0.1) is 29.1 Å². The van der Waals surface area contributed by atoms with Crippen LogP contribution in [-0.4, -0.2) is 63.5 Å². The molecule has 1 aromatic carbocycles. The van der Waals surface area contributed by atoms with Crippen molar-refractivity contribution in [1.29, 1.82) is 0 Å². The van der Waals surface area contributed by atoms with Gasteiger partial charge < -0.3 is 19.7 Å². The van der Waals surface area contributed by atoms with Crippen LogP contribution in [0.1, 0.15) is 97.2 Å². The number of carbonyl (C=O) groups excluding carboxylic acids is 3. The molecule has 2 bridgehead atoms. The first-order valence-electron chi connectivity index (χ1n) is 17.6. The van der Waals surface area contributed by atoms with Gasteiger partial charge in [-0.3, -0.25) is 9.59 Å². The monoisotopic (exact) mass is 708 g/mol. The maximum absolute atomic E-state index is 16.2. The van der Waals surface area contributed by atoms with Gasteiger partial charge >= 0.3 is 12.3 Å². The number of halogens is 5. The molecule has 0 radical (unpaired) electrons. The minimum absolute atomic E-state index is 0.00952. The van der Waals surface area contributed by atoms with Gasteiger partial charge in [0.15, 0.2) is 11.5 Å². The average molecular weight is 709 g/mol. The first kappa shape index (κ1) is 36.2. The molecule has 1 N–H and O–H groups in total. The van der Waals surface area contributed by atoms with Crippen LogP contribution in [0.4, 0.5) is 26.7 Å². The van der Waals surface area contributed by atoms with Gasteiger partial charge in [0.1, 0.15) is 18.2 Å². The van der Waals surface area contributed by atoms with Crippen molar-refractivity contribution in [3.05, 3.63) is 29.5 Å². The molecule has 3 fully saturated rings. The summed E-state index contributed by atoms with van der Waals surface area (Å²) in [7, 11) is 0. The van der Waals surface area contributed by atoms with Gasteiger partial charge in [0.05, 0.1) is 29.2 Å². The fourth-order valence-corrected chi connectivity index (χ4v) is 8.60. The van der Waals surface area contributed by atoms with E-state index in [4.69, 9.17) is 9.47 Å². The summed E-state index contributed by atoms with van der Waals surface area (Å²) >= 11 is 0. The van der Waals surface area contributed by atoms with E-state index in [2.05, 4.69) is 15.3 Å². The van der Waals surface area contributed by atoms with E-state index in [0.29, 0.717) is 37.5 Å². The second kappa shape index (κ2) is 13.2. The van der Waals surface area contributed by atoms with Gasteiger partial charge in [0.25, 0.3) is 5.92 Å². The zero-order chi connectivity index (χ0) is 36.3. The number of aromatic nitrogens is 2. The van der Waals surface area contributed by atoms with Gasteiger partial charge in [-0.2, -0.15) is 22.0 Å². The normalized spacial score (nSPS) is 32.0. The molecule has 0 spiro atoms. The lowest BCUT2D eigenvalue weighted by molar-refractivity contribution is -0.141. The average Bonchev–Trinajstić information content (AvgIpc) is 3.49. The van der Waals surface area contributed by atoms with E-state index >= 15 is 8.78 Å². The van der Waals surface area contributed by atoms with Gasteiger partial charge in [-0.1, -0.05) is 34.1 Å². The third kappa shape index (κ3) is 6.87. The number of fused-ring (bicyclic) bond motifs is 7. The molecule has 2 amide bonds. The maximum Gasteiger partial charge on any atom is 0.416 e. The fourth-order valence-electron chi connectivity index (χ4n) is 8.60. The molecule has 4 aliphatic rings. The van der Waals surface area contributed by atoms with Crippen molar-refractivity contribution in [3.63, 3.8) is 0 Å². The highest BCUT2D eigenvalue weighted by Gasteiger charge is 2.52. The van der Waals surface area contributed by atoms with E-state index in [9.17, 15) is 27.6 Å². The zero-order valence-electron chi connectivity index (χ0n) is 29.0. The number of ether oxygens (including phenoxy) is 2. The number of rotatable bonds is 2. The molecule has 50 heavy (non-hydrogen) atoms. The number of hydrogen-bond acceptors (Lipinski definition) is 7. The topological polar surface area (TPSA) is 111 Å². The highest BCUT2D eigenvalue weighted by Crippen LogP contribution is 2.53. The number of alkyl carbamates (subject to hydrolysis) is 1. The van der Waals surface area contributed by atoms with Crippen molar-refractivity contribution in [2.75, 3.05) is 6.54 Å². The highest BCUT2D eigenvalue weighted by atomic mass is 19.4. The lowest BCUT2D eigenvalue weighted by Gasteiger charge is -2.36. The predicted molar refractivity (Wildman–Crippen MR) is 172 cm³/mol. The Morgan fingerprint density at radius 3 is 2.36 bits per heavy atom. The van der Waals surface area contributed by atoms with E-state index in [1.807, 2.05) is 0 Å². The van der Waals surface area contributed by atoms with Crippen molar-refractivity contribution in [2.45, 2.75) is 122 Å². The number of Topliss-reactive ketones (excluding diaryl/α,β-unsaturated/α-hetero) is 1. The molecular weight excluding hydrogens is 663 g/mol. The number of amides is 2. The number of benzene rings is 1. The van der Waals surface area contributed by atoms with Crippen LogP contribution in [0.25, 0.3) is 11.0 Å². The summed E-state index contributed by atoms with van der Waals surface area (Å²) in [6.45, 7) is 8.20. The maximum atomic E-state index is 16.2. The summed E-state index contributed by atoms with van der Waals surface area (Å²) < 4.78 is 85.4. The van der Waals surface area contributed by atoms with Crippen LogP contribution in [0.2, 0.25) is 0 Å². The molecule has 2 unspecified atom stereocenters. The number of nitrogens with zero attached hydrogens (tertiary/aromatic N) is 3. The van der Waals surface area contributed by atoms with E-state index < -0.39 is 83.3 Å². The van der Waals surface area contributed by atoms with E-state index in [1.165, 1.54) is 11.8 Å². The molecule has 274 valence electrons. The lowest BCUT2D eigenvalue weighted by Crippen LogP contribution is -2.57. The second-order valence-corrected chi connectivity index (χ2v) is 15.6. The molecule has 2 aliphatic heterocycles. The number of ketones is 1. The van der Waals surface area contributed by atoms with E-state index in [0.717, 1.165) is 31.0 Å². The van der Waals surface area contributed by atoms with Crippen molar-refractivity contribution in [3.8, 4) is 5.88 Å². The van der Waals surface area contributed by atoms with Crippen molar-refractivity contribution < 1.29 is 45.8 Å². The number of alkyl halides is 5. The Morgan fingerprint density at radius 2 is 1.74 bits per heavy atom. The van der Waals surface area contributed by atoms with Gasteiger partial charge in [0, 0.05) is 12.3 Å². The Hall–Kier alpha value is -3.58. The number of carbonyl (C=O) groups is 3. The smallest absolute Gasteiger partial charge is 0.416 e. The second-order valence-electron chi connectivity index (χ2n) is 15.6. The molecule has 2 aromatic rings. The summed E-state index contributed by atoms with van der Waals surface area (Å²) in [6.07, 6.45) is -3.46. The minimum atomic E-state index is -4.71. The summed E-state index contributed by atoms with van der Waals surface area (Å²) in [5, 5.41) is 2.79. The molecule has 2 saturated carbocycles. The third-order valence-electron chi connectivity index (χ3n) is 11.3. The Balaban J connectivity index is 1.44. The Labute approximate surface area is 288 Å². The van der Waals surface area contributed by atoms with Crippen LogP contribution < -0.4 is 10.1 Å². The van der Waals surface area contributed by atoms with Crippen LogP contribution in [-0.2, 0) is 26.4 Å². The largest absolute Gasteiger partial charge is 0.471 e. The van der Waals surface area contributed by atoms with E-state index in [-0.39, 0.29) is 35.7 Å². The molecule has 2 aliphatic carbocycles. The summed E-state index contributed by atoms with van der Waals surface area (Å²) in [4.78, 5) is 50.6. The van der Waals surface area contributed by atoms with Crippen LogP contribution in [0.5, 0.6) is 5.88 Å². The van der Waals surface area contributed by atoms with Gasteiger partial charge in [-0.05, 0) is 86.8 Å². The molecule has 3 heterocycles. The van der Waals surface area contributed by atoms with Gasteiger partial charge in [-0.25, -0.2) is 14.8 Å². The van der Waals surface area contributed by atoms with Crippen molar-refractivity contribution in [2.24, 2.45) is 29.1 Å². The van der Waals surface area contributed by atoms with Crippen molar-refractivity contribution in [1.82, 2.24) is 20.2 Å². The zero-order valence-corrected chi connectivity index (χ0v) is 29.0. The first-order valence-corrected chi connectivity index (χ1v) is 17.6. The molecular formula is C36H45F5N4O5. The summed E-state index contributed by atoms with van der Waals surface area (Å²) in [5.74, 6) is -5.10. The SMILES string of the molecule is CC[C@@H]1[C@@H]2CN(C(=O)[C@H](C(C)(C)C)NC(=O)O[C@@H]3CC4CCC4[C@H]3CCCCC(F)(F)c3nc4ccc(C(F)(F)F)cc4nc3O2)[C@@H]1C(C)=O. The van der Waals surface area contributed by atoms with E-state index in [1.54, 1.807) is 27.7 Å². The molecule has 8 atom stereocenters. The predicted octanol–water partition coefficient (Wildman–Crippen LogP) is 7.44. The van der Waals surface area contributed by atoms with Crippen molar-refractivity contribution >= 4 is 28.8 Å². The molecule has 1 aromatic heterocycles. The quantitative estimate of drug-likeness (QED) is 0.323. The molecule has 14 heteroatoms. The number of nitrogens with one attached hydrogen (secondary N) is 1. The lowest BCUT2D eigenvalue weighted by atomic mass is 9.71. The minimum Gasteiger partial charge on any atom is -0.471 e. The van der Waals surface area contributed by atoms with Crippen LogP contribution >= 0.6 is 0 Å².